The lowest BCUT2D eigenvalue weighted by atomic mass is 10.1. The number of hydrogen-bond acceptors (Lipinski definition) is 3. The van der Waals surface area contributed by atoms with Crippen LogP contribution in [0.3, 0.4) is 0 Å². The average Bonchev–Trinajstić information content (AvgIpc) is 2.60. The first kappa shape index (κ1) is 18.8. The Hall–Kier alpha value is -1.95. The number of hydrogen-bond donors (Lipinski definition) is 0. The molecule has 6 heteroatoms. The van der Waals surface area contributed by atoms with Crippen LogP contribution in [-0.2, 0) is 16.1 Å². The highest BCUT2D eigenvalue weighted by Gasteiger charge is 2.28. The summed E-state index contributed by atoms with van der Waals surface area (Å²) in [6.07, 6.45) is 6.04. The molecule has 0 saturated carbocycles. The predicted octanol–water partition coefficient (Wildman–Crippen LogP) is 2.26. The third kappa shape index (κ3) is 5.04. The molecule has 2 amide bonds. The number of nitrogens with zero attached hydrogens (tertiary/aromatic N) is 3. The summed E-state index contributed by atoms with van der Waals surface area (Å²) in [5, 5.41) is 0. The van der Waals surface area contributed by atoms with E-state index in [1.807, 2.05) is 0 Å². The Labute approximate surface area is 154 Å². The quantitative estimate of drug-likeness (QED) is 0.826. The van der Waals surface area contributed by atoms with E-state index >= 15 is 0 Å². The van der Waals surface area contributed by atoms with Gasteiger partial charge in [0.1, 0.15) is 5.82 Å². The largest absolute Gasteiger partial charge is 0.335 e. The topological polar surface area (TPSA) is 43.9 Å². The smallest absolute Gasteiger partial charge is 0.242 e. The van der Waals surface area contributed by atoms with Gasteiger partial charge in [-0.25, -0.2) is 4.39 Å². The Morgan fingerprint density at radius 1 is 0.962 bits per heavy atom. The van der Waals surface area contributed by atoms with Gasteiger partial charge in [0.15, 0.2) is 0 Å². The van der Waals surface area contributed by atoms with Crippen LogP contribution in [0.15, 0.2) is 24.3 Å². The van der Waals surface area contributed by atoms with Crippen LogP contribution in [0, 0.1) is 5.82 Å². The van der Waals surface area contributed by atoms with Crippen molar-refractivity contribution < 1.29 is 14.0 Å². The highest BCUT2D eigenvalue weighted by atomic mass is 19.1. The minimum atomic E-state index is -0.295. The lowest BCUT2D eigenvalue weighted by Gasteiger charge is -2.35. The van der Waals surface area contributed by atoms with Crippen molar-refractivity contribution in [1.82, 2.24) is 14.7 Å². The van der Waals surface area contributed by atoms with Gasteiger partial charge >= 0.3 is 0 Å². The summed E-state index contributed by atoms with van der Waals surface area (Å²) in [5.41, 5.74) is 0.515. The number of rotatable bonds is 4. The normalized spacial score (nSPS) is 20.0. The Morgan fingerprint density at radius 2 is 1.65 bits per heavy atom. The minimum absolute atomic E-state index is 0.0319. The Bertz CT molecular complexity index is 629. The molecule has 0 aromatic heterocycles. The number of benzene rings is 1. The molecule has 0 spiro atoms. The molecular weight excluding hydrogens is 333 g/mol. The molecule has 2 aliphatic heterocycles. The fourth-order valence-electron chi connectivity index (χ4n) is 3.68. The highest BCUT2D eigenvalue weighted by molar-refractivity contribution is 5.86. The molecule has 1 aromatic rings. The van der Waals surface area contributed by atoms with Crippen LogP contribution in [-0.4, -0.2) is 65.8 Å². The van der Waals surface area contributed by atoms with Crippen molar-refractivity contribution in [3.05, 3.63) is 35.6 Å². The number of likely N-dealkylation sites (tertiary alicyclic amines) is 1. The molecule has 1 aromatic carbocycles. The second-order valence-corrected chi connectivity index (χ2v) is 7.27. The maximum Gasteiger partial charge on any atom is 0.242 e. The molecule has 0 bridgehead atoms. The minimum Gasteiger partial charge on any atom is -0.335 e. The Kier molecular flexibility index (Phi) is 6.61. The van der Waals surface area contributed by atoms with Crippen LogP contribution in [0.5, 0.6) is 0 Å². The van der Waals surface area contributed by atoms with E-state index in [-0.39, 0.29) is 30.7 Å². The maximum absolute atomic E-state index is 13.8. The Morgan fingerprint density at radius 3 is 2.35 bits per heavy atom. The van der Waals surface area contributed by atoms with E-state index in [0.29, 0.717) is 25.2 Å². The summed E-state index contributed by atoms with van der Waals surface area (Å²) in [6, 6.07) is 6.51. The molecular formula is C20H28FN3O2. The van der Waals surface area contributed by atoms with E-state index in [1.54, 1.807) is 28.0 Å². The summed E-state index contributed by atoms with van der Waals surface area (Å²) in [7, 11) is 0. The van der Waals surface area contributed by atoms with Gasteiger partial charge in [-0.1, -0.05) is 37.5 Å². The summed E-state index contributed by atoms with van der Waals surface area (Å²) in [5.74, 6) is -0.374. The molecule has 2 fully saturated rings. The second kappa shape index (κ2) is 9.12. The summed E-state index contributed by atoms with van der Waals surface area (Å²) < 4.78 is 13.8. The van der Waals surface area contributed by atoms with E-state index < -0.39 is 0 Å². The maximum atomic E-state index is 13.8. The van der Waals surface area contributed by atoms with Gasteiger partial charge in [-0.05, 0) is 32.0 Å². The van der Waals surface area contributed by atoms with Crippen LogP contribution in [0.4, 0.5) is 4.39 Å². The second-order valence-electron chi connectivity index (χ2n) is 7.27. The van der Waals surface area contributed by atoms with Gasteiger partial charge in [0.2, 0.25) is 11.8 Å². The van der Waals surface area contributed by atoms with Gasteiger partial charge in [0.05, 0.1) is 13.1 Å². The monoisotopic (exact) mass is 361 g/mol. The molecule has 5 nitrogen and oxygen atoms in total. The Balaban J connectivity index is 1.50. The fourth-order valence-corrected chi connectivity index (χ4v) is 3.68. The average molecular weight is 361 g/mol. The molecule has 0 radical (unpaired) electrons. The number of halogens is 1. The first-order chi connectivity index (χ1) is 12.6. The molecule has 0 unspecified atom stereocenters. The van der Waals surface area contributed by atoms with Crippen LogP contribution < -0.4 is 0 Å². The van der Waals surface area contributed by atoms with Crippen LogP contribution in [0.1, 0.15) is 37.7 Å². The molecule has 3 rings (SSSR count). The van der Waals surface area contributed by atoms with Crippen molar-refractivity contribution in [1.29, 1.82) is 0 Å². The molecule has 0 aliphatic carbocycles. The summed E-state index contributed by atoms with van der Waals surface area (Å²) in [6.45, 7) is 3.67. The van der Waals surface area contributed by atoms with Crippen LogP contribution in [0.2, 0.25) is 0 Å². The van der Waals surface area contributed by atoms with Crippen LogP contribution >= 0.6 is 0 Å². The highest BCUT2D eigenvalue weighted by Crippen LogP contribution is 2.14. The molecule has 26 heavy (non-hydrogen) atoms. The van der Waals surface area contributed by atoms with E-state index in [2.05, 4.69) is 4.90 Å². The van der Waals surface area contributed by atoms with Crippen molar-refractivity contribution >= 4 is 11.8 Å². The third-order valence-electron chi connectivity index (χ3n) is 5.30. The summed E-state index contributed by atoms with van der Waals surface area (Å²) >= 11 is 0. The van der Waals surface area contributed by atoms with Gasteiger partial charge in [-0.3, -0.25) is 14.5 Å². The number of piperazine rings is 1. The third-order valence-corrected chi connectivity index (χ3v) is 5.30. The van der Waals surface area contributed by atoms with Crippen LogP contribution in [0.25, 0.3) is 0 Å². The van der Waals surface area contributed by atoms with E-state index in [0.717, 1.165) is 25.9 Å². The lowest BCUT2D eigenvalue weighted by Crippen LogP contribution is -2.54. The summed E-state index contributed by atoms with van der Waals surface area (Å²) in [4.78, 5) is 30.5. The van der Waals surface area contributed by atoms with Gasteiger partial charge in [-0.15, -0.1) is 0 Å². The molecule has 2 saturated heterocycles. The zero-order valence-corrected chi connectivity index (χ0v) is 15.3. The standard InChI is InChI=1S/C20H28FN3O2/c21-18-9-5-4-8-17(18)14-23-12-13-24(16-20(23)26)19(25)15-22-10-6-2-1-3-7-11-22/h4-5,8-9H,1-3,6-7,10-16H2. The van der Waals surface area contributed by atoms with Crippen molar-refractivity contribution in [3.63, 3.8) is 0 Å². The first-order valence-electron chi connectivity index (χ1n) is 9.65. The fraction of sp³-hybridized carbons (Fsp3) is 0.600. The predicted molar refractivity (Wildman–Crippen MR) is 97.9 cm³/mol. The van der Waals surface area contributed by atoms with Gasteiger partial charge in [0.25, 0.3) is 0 Å². The van der Waals surface area contributed by atoms with E-state index in [4.69, 9.17) is 0 Å². The number of carbonyl (C=O) groups excluding carboxylic acids is 2. The number of amides is 2. The lowest BCUT2D eigenvalue weighted by molar-refractivity contribution is -0.146. The van der Waals surface area contributed by atoms with Crippen molar-refractivity contribution in [2.45, 2.75) is 38.6 Å². The van der Waals surface area contributed by atoms with Crippen molar-refractivity contribution in [3.8, 4) is 0 Å². The van der Waals surface area contributed by atoms with Gasteiger partial charge in [-0.2, -0.15) is 0 Å². The molecule has 2 heterocycles. The molecule has 0 atom stereocenters. The van der Waals surface area contributed by atoms with Crippen molar-refractivity contribution in [2.75, 3.05) is 39.3 Å². The zero-order valence-electron chi connectivity index (χ0n) is 15.3. The van der Waals surface area contributed by atoms with Gasteiger partial charge in [0, 0.05) is 25.2 Å². The zero-order chi connectivity index (χ0) is 18.4. The molecule has 142 valence electrons. The van der Waals surface area contributed by atoms with E-state index in [1.165, 1.54) is 25.3 Å². The SMILES string of the molecule is O=C(CN1CCCCCCC1)N1CCN(Cc2ccccc2F)C(=O)C1. The molecule has 2 aliphatic rings. The van der Waals surface area contributed by atoms with Gasteiger partial charge < -0.3 is 9.80 Å². The first-order valence-corrected chi connectivity index (χ1v) is 9.65. The number of carbonyl (C=O) groups is 2. The molecule has 0 N–H and O–H groups in total. The van der Waals surface area contributed by atoms with E-state index in [9.17, 15) is 14.0 Å². The van der Waals surface area contributed by atoms with Crippen molar-refractivity contribution in [2.24, 2.45) is 0 Å².